The van der Waals surface area contributed by atoms with Gasteiger partial charge in [0.2, 0.25) is 5.91 Å². The molecule has 31 heavy (non-hydrogen) atoms. The molecule has 0 bridgehead atoms. The van der Waals surface area contributed by atoms with Crippen molar-refractivity contribution in [2.45, 2.75) is 38.6 Å². The molecule has 1 unspecified atom stereocenters. The Morgan fingerprint density at radius 3 is 3.10 bits per heavy atom. The van der Waals surface area contributed by atoms with Crippen LogP contribution in [0.3, 0.4) is 0 Å². The Balaban J connectivity index is 1.44. The molecule has 0 radical (unpaired) electrons. The molecule has 4 N–H and O–H groups in total. The molecule has 0 spiro atoms. The standard InChI is InChI=1S/C20H28FN7O2S/c1-3-28(8-7-23-19(30)16-9-14(29)10-24-16)12-26-13(2)27-20-25-11-17(31-20)18-15(21)5-4-6-22-18/h4-6,11-14,16,24,29H,3,7-10H2,1-2H3,(H,23,30)(H,25,27)/t13?,14-,16+/m1/s1. The highest BCUT2D eigenvalue weighted by Gasteiger charge is 2.27. The van der Waals surface area contributed by atoms with Gasteiger partial charge in [0, 0.05) is 38.6 Å². The number of carbonyl (C=O) groups is 1. The normalized spacial score (nSPS) is 19.5. The van der Waals surface area contributed by atoms with Crippen LogP contribution in [0.2, 0.25) is 0 Å². The Kier molecular flexibility index (Phi) is 8.27. The second-order valence-corrected chi connectivity index (χ2v) is 8.25. The monoisotopic (exact) mass is 449 g/mol. The maximum Gasteiger partial charge on any atom is 0.237 e. The third kappa shape index (κ3) is 6.68. The van der Waals surface area contributed by atoms with Gasteiger partial charge in [0.25, 0.3) is 0 Å². The minimum atomic E-state index is -0.457. The average Bonchev–Trinajstić information content (AvgIpc) is 3.40. The molecular weight excluding hydrogens is 421 g/mol. The van der Waals surface area contributed by atoms with E-state index in [1.807, 2.05) is 18.7 Å². The lowest BCUT2D eigenvalue weighted by molar-refractivity contribution is -0.122. The van der Waals surface area contributed by atoms with Crippen molar-refractivity contribution in [1.82, 2.24) is 25.5 Å². The second-order valence-electron chi connectivity index (χ2n) is 7.22. The van der Waals surface area contributed by atoms with Crippen molar-refractivity contribution in [2.24, 2.45) is 4.99 Å². The number of aliphatic hydroxyl groups is 1. The van der Waals surface area contributed by atoms with Crippen molar-refractivity contribution >= 4 is 28.7 Å². The summed E-state index contributed by atoms with van der Waals surface area (Å²) in [7, 11) is 0. The molecule has 1 aliphatic rings. The number of nitrogens with zero attached hydrogens (tertiary/aromatic N) is 4. The summed E-state index contributed by atoms with van der Waals surface area (Å²) in [5, 5.41) is 19.2. The lowest BCUT2D eigenvalue weighted by Gasteiger charge is -2.19. The first-order chi connectivity index (χ1) is 15.0. The summed E-state index contributed by atoms with van der Waals surface area (Å²) in [5.41, 5.74) is 0.283. The molecule has 9 nitrogen and oxygen atoms in total. The molecule has 1 aliphatic heterocycles. The number of thiazole rings is 1. The molecule has 2 aromatic heterocycles. The number of rotatable bonds is 10. The van der Waals surface area contributed by atoms with Gasteiger partial charge in [-0.15, -0.1) is 0 Å². The predicted octanol–water partition coefficient (Wildman–Crippen LogP) is 1.29. The number of β-amino-alcohol motifs (C(OH)–C–C–N with tert-alkyl or cyclic N) is 1. The van der Waals surface area contributed by atoms with Crippen LogP contribution in [0, 0.1) is 5.82 Å². The van der Waals surface area contributed by atoms with Crippen LogP contribution in [0.15, 0.2) is 29.5 Å². The maximum atomic E-state index is 13.9. The van der Waals surface area contributed by atoms with E-state index in [2.05, 4.69) is 30.9 Å². The summed E-state index contributed by atoms with van der Waals surface area (Å²) in [6.07, 6.45) is 4.64. The number of aliphatic imine (C=N–C) groups is 1. The van der Waals surface area contributed by atoms with Crippen LogP contribution in [-0.2, 0) is 4.79 Å². The van der Waals surface area contributed by atoms with Crippen LogP contribution in [-0.4, -0.2) is 76.7 Å². The summed E-state index contributed by atoms with van der Waals surface area (Å²) in [6.45, 7) is 6.20. The molecular formula is C20H28FN7O2S. The van der Waals surface area contributed by atoms with Crippen LogP contribution in [0.25, 0.3) is 10.6 Å². The van der Waals surface area contributed by atoms with Gasteiger partial charge in [0.1, 0.15) is 17.7 Å². The molecule has 168 valence electrons. The fourth-order valence-electron chi connectivity index (χ4n) is 3.09. The van der Waals surface area contributed by atoms with Crippen molar-refractivity contribution in [3.63, 3.8) is 0 Å². The Morgan fingerprint density at radius 1 is 1.55 bits per heavy atom. The van der Waals surface area contributed by atoms with Gasteiger partial charge in [-0.1, -0.05) is 11.3 Å². The fraction of sp³-hybridized carbons (Fsp3) is 0.500. The van der Waals surface area contributed by atoms with Gasteiger partial charge in [0.15, 0.2) is 5.13 Å². The first kappa shape index (κ1) is 23.0. The predicted molar refractivity (Wildman–Crippen MR) is 120 cm³/mol. The smallest absolute Gasteiger partial charge is 0.237 e. The molecule has 0 aliphatic carbocycles. The minimum Gasteiger partial charge on any atom is -0.392 e. The Morgan fingerprint density at radius 2 is 2.39 bits per heavy atom. The molecule has 3 heterocycles. The molecule has 1 saturated heterocycles. The Hall–Kier alpha value is -2.63. The number of halogens is 1. The highest BCUT2D eigenvalue weighted by Crippen LogP contribution is 2.29. The van der Waals surface area contributed by atoms with E-state index in [0.29, 0.717) is 36.1 Å². The maximum absolute atomic E-state index is 13.9. The first-order valence-corrected chi connectivity index (χ1v) is 11.1. The third-order valence-corrected chi connectivity index (χ3v) is 5.75. The van der Waals surface area contributed by atoms with Crippen LogP contribution in [0.1, 0.15) is 20.3 Å². The Labute approximate surface area is 184 Å². The molecule has 0 aromatic carbocycles. The van der Waals surface area contributed by atoms with Crippen molar-refractivity contribution < 1.29 is 14.3 Å². The van der Waals surface area contributed by atoms with Gasteiger partial charge < -0.3 is 26.0 Å². The van der Waals surface area contributed by atoms with E-state index < -0.39 is 6.10 Å². The van der Waals surface area contributed by atoms with Gasteiger partial charge in [0.05, 0.1) is 23.4 Å². The largest absolute Gasteiger partial charge is 0.392 e. The molecule has 11 heteroatoms. The zero-order valence-electron chi connectivity index (χ0n) is 17.6. The van der Waals surface area contributed by atoms with Gasteiger partial charge in [-0.25, -0.2) is 9.37 Å². The zero-order chi connectivity index (χ0) is 22.2. The summed E-state index contributed by atoms with van der Waals surface area (Å²) >= 11 is 1.31. The van der Waals surface area contributed by atoms with E-state index in [1.165, 1.54) is 17.4 Å². The Bertz CT molecular complexity index is 894. The summed E-state index contributed by atoms with van der Waals surface area (Å²) in [4.78, 5) is 27.5. The van der Waals surface area contributed by atoms with Crippen LogP contribution < -0.4 is 16.0 Å². The fourth-order valence-corrected chi connectivity index (χ4v) is 3.98. The zero-order valence-corrected chi connectivity index (χ0v) is 18.4. The van der Waals surface area contributed by atoms with Gasteiger partial charge >= 0.3 is 0 Å². The lowest BCUT2D eigenvalue weighted by Crippen LogP contribution is -2.43. The summed E-state index contributed by atoms with van der Waals surface area (Å²) in [5.74, 6) is -0.474. The highest BCUT2D eigenvalue weighted by molar-refractivity contribution is 7.18. The van der Waals surface area contributed by atoms with Crippen molar-refractivity contribution in [3.05, 3.63) is 30.3 Å². The molecule has 0 saturated carbocycles. The molecule has 1 fully saturated rings. The van der Waals surface area contributed by atoms with E-state index in [-0.39, 0.29) is 29.6 Å². The lowest BCUT2D eigenvalue weighted by atomic mass is 10.2. The van der Waals surface area contributed by atoms with Crippen molar-refractivity contribution in [2.75, 3.05) is 31.5 Å². The number of carbonyl (C=O) groups excluding carboxylic acids is 1. The number of anilines is 1. The number of hydrogen-bond donors (Lipinski definition) is 4. The van der Waals surface area contributed by atoms with E-state index in [9.17, 15) is 14.3 Å². The third-order valence-electron chi connectivity index (χ3n) is 4.81. The molecule has 3 atom stereocenters. The van der Waals surface area contributed by atoms with Crippen LogP contribution >= 0.6 is 11.3 Å². The van der Waals surface area contributed by atoms with E-state index in [0.717, 1.165) is 6.54 Å². The number of pyridine rings is 1. The topological polar surface area (TPSA) is 115 Å². The highest BCUT2D eigenvalue weighted by atomic mass is 32.1. The van der Waals surface area contributed by atoms with E-state index in [4.69, 9.17) is 0 Å². The van der Waals surface area contributed by atoms with Gasteiger partial charge in [-0.05, 0) is 32.4 Å². The number of aromatic nitrogens is 2. The summed E-state index contributed by atoms with van der Waals surface area (Å²) < 4.78 is 13.9. The average molecular weight is 450 g/mol. The quantitative estimate of drug-likeness (QED) is 0.319. The number of nitrogens with one attached hydrogen (secondary N) is 3. The number of hydrogen-bond acceptors (Lipinski definition) is 8. The van der Waals surface area contributed by atoms with Crippen LogP contribution in [0.5, 0.6) is 0 Å². The van der Waals surface area contributed by atoms with Gasteiger partial charge in [-0.2, -0.15) is 0 Å². The number of aliphatic hydroxyl groups excluding tert-OH is 1. The molecule has 1 amide bonds. The van der Waals surface area contributed by atoms with E-state index >= 15 is 0 Å². The first-order valence-electron chi connectivity index (χ1n) is 10.3. The van der Waals surface area contributed by atoms with Crippen LogP contribution in [0.4, 0.5) is 9.52 Å². The minimum absolute atomic E-state index is 0.0940. The summed E-state index contributed by atoms with van der Waals surface area (Å²) in [6, 6.07) is 2.60. The number of likely N-dealkylation sites (N-methyl/N-ethyl adjacent to an activating group) is 1. The van der Waals surface area contributed by atoms with Crippen molar-refractivity contribution in [1.29, 1.82) is 0 Å². The van der Waals surface area contributed by atoms with Gasteiger partial charge in [-0.3, -0.25) is 14.8 Å². The second kappa shape index (κ2) is 11.1. The molecule has 2 aromatic rings. The molecule has 3 rings (SSSR count). The number of amides is 1. The van der Waals surface area contributed by atoms with Crippen molar-refractivity contribution in [3.8, 4) is 10.6 Å². The van der Waals surface area contributed by atoms with E-state index in [1.54, 1.807) is 24.8 Å². The SMILES string of the molecule is CCN(C=NC(C)Nc1ncc(-c2ncccc2F)s1)CCNC(=O)[C@@H]1C[C@@H](O)CN1.